The highest BCUT2D eigenvalue weighted by molar-refractivity contribution is 6.05. The van der Waals surface area contributed by atoms with Gasteiger partial charge in [0, 0.05) is 25.6 Å². The summed E-state index contributed by atoms with van der Waals surface area (Å²) in [6, 6.07) is 9.29. The number of alkyl halides is 3. The van der Waals surface area contributed by atoms with Crippen molar-refractivity contribution in [3.63, 3.8) is 0 Å². The first kappa shape index (κ1) is 21.4. The van der Waals surface area contributed by atoms with E-state index in [1.807, 2.05) is 12.1 Å². The van der Waals surface area contributed by atoms with Crippen LogP contribution in [0, 0.1) is 0 Å². The number of anilines is 3. The predicted molar refractivity (Wildman–Crippen MR) is 114 cm³/mol. The zero-order valence-corrected chi connectivity index (χ0v) is 17.5. The summed E-state index contributed by atoms with van der Waals surface area (Å²) in [7, 11) is 0. The minimum Gasteiger partial charge on any atom is -0.467 e. The third kappa shape index (κ3) is 4.28. The van der Waals surface area contributed by atoms with Crippen molar-refractivity contribution < 1.29 is 27.1 Å². The van der Waals surface area contributed by atoms with Gasteiger partial charge in [-0.05, 0) is 24.3 Å². The van der Waals surface area contributed by atoms with Crippen molar-refractivity contribution in [1.29, 1.82) is 0 Å². The Labute approximate surface area is 187 Å². The lowest BCUT2D eigenvalue weighted by atomic mass is 10.0. The van der Waals surface area contributed by atoms with Gasteiger partial charge in [-0.2, -0.15) is 18.3 Å². The molecule has 33 heavy (non-hydrogen) atoms. The number of hydrogen-bond donors (Lipinski definition) is 2. The van der Waals surface area contributed by atoms with E-state index in [0.717, 1.165) is 10.4 Å². The maximum absolute atomic E-state index is 13.8. The molecule has 1 amide bonds. The van der Waals surface area contributed by atoms with E-state index in [2.05, 4.69) is 20.6 Å². The van der Waals surface area contributed by atoms with E-state index in [4.69, 9.17) is 9.15 Å². The highest BCUT2D eigenvalue weighted by atomic mass is 19.4. The quantitative estimate of drug-likeness (QED) is 0.605. The molecule has 2 aromatic heterocycles. The van der Waals surface area contributed by atoms with E-state index < -0.39 is 24.2 Å². The lowest BCUT2D eigenvalue weighted by Gasteiger charge is -2.32. The van der Waals surface area contributed by atoms with Crippen LogP contribution >= 0.6 is 0 Å². The molecule has 11 heteroatoms. The van der Waals surface area contributed by atoms with Crippen LogP contribution in [-0.2, 0) is 4.74 Å². The van der Waals surface area contributed by atoms with E-state index in [1.165, 1.54) is 12.3 Å². The van der Waals surface area contributed by atoms with Crippen LogP contribution in [0.2, 0.25) is 0 Å². The van der Waals surface area contributed by atoms with E-state index in [0.29, 0.717) is 37.8 Å². The van der Waals surface area contributed by atoms with Gasteiger partial charge in [0.1, 0.15) is 11.6 Å². The van der Waals surface area contributed by atoms with Crippen molar-refractivity contribution in [1.82, 2.24) is 9.78 Å². The first-order valence-electron chi connectivity index (χ1n) is 10.6. The standard InChI is InChI=1S/C22H22F3N5O3/c23-22(24,25)19-12-15(18-6-3-9-33-18)26-20-13-16(28-30(19)20)21(31)27-14-4-1-2-5-17(14)29-7-10-32-11-8-29/h1-6,9,13,15,19,26H,7-8,10-12H2,(H,27,31)/t15-,19-/m0/s1. The molecule has 1 fully saturated rings. The number of morpholine rings is 1. The number of amides is 1. The number of rotatable bonds is 4. The van der Waals surface area contributed by atoms with Crippen molar-refractivity contribution in [2.45, 2.75) is 24.7 Å². The van der Waals surface area contributed by atoms with Crippen LogP contribution in [0.3, 0.4) is 0 Å². The molecule has 8 nitrogen and oxygen atoms in total. The van der Waals surface area contributed by atoms with Gasteiger partial charge >= 0.3 is 6.18 Å². The molecule has 2 aliphatic rings. The van der Waals surface area contributed by atoms with Crippen LogP contribution in [0.25, 0.3) is 0 Å². The second kappa shape index (κ2) is 8.47. The van der Waals surface area contributed by atoms with Gasteiger partial charge in [0.15, 0.2) is 11.7 Å². The maximum Gasteiger partial charge on any atom is 0.410 e. The number of furan rings is 1. The van der Waals surface area contributed by atoms with E-state index >= 15 is 0 Å². The fourth-order valence-corrected chi connectivity index (χ4v) is 4.21. The zero-order chi connectivity index (χ0) is 23.0. The molecule has 1 saturated heterocycles. The Kier molecular flexibility index (Phi) is 5.49. The molecule has 0 saturated carbocycles. The Morgan fingerprint density at radius 1 is 1.15 bits per heavy atom. The number of fused-ring (bicyclic) bond motifs is 1. The molecule has 174 valence electrons. The molecular weight excluding hydrogens is 439 g/mol. The van der Waals surface area contributed by atoms with Crippen LogP contribution in [-0.4, -0.2) is 48.2 Å². The molecule has 0 aliphatic carbocycles. The maximum atomic E-state index is 13.8. The van der Waals surface area contributed by atoms with Gasteiger partial charge in [-0.1, -0.05) is 12.1 Å². The topological polar surface area (TPSA) is 84.6 Å². The number of ether oxygens (including phenoxy) is 1. The molecule has 2 aliphatic heterocycles. The fourth-order valence-electron chi connectivity index (χ4n) is 4.21. The van der Waals surface area contributed by atoms with E-state index in [1.54, 1.807) is 24.3 Å². The number of para-hydroxylation sites is 2. The Hall–Kier alpha value is -3.47. The second-order valence-corrected chi connectivity index (χ2v) is 7.94. The van der Waals surface area contributed by atoms with Crippen LogP contribution in [0.5, 0.6) is 0 Å². The van der Waals surface area contributed by atoms with Gasteiger partial charge in [0.05, 0.1) is 36.9 Å². The minimum absolute atomic E-state index is 0.108. The van der Waals surface area contributed by atoms with Crippen molar-refractivity contribution in [3.05, 3.63) is 60.2 Å². The summed E-state index contributed by atoms with van der Waals surface area (Å²) in [5.41, 5.74) is 1.27. The molecule has 2 atom stereocenters. The largest absolute Gasteiger partial charge is 0.467 e. The number of aromatic nitrogens is 2. The highest BCUT2D eigenvalue weighted by Gasteiger charge is 2.47. The Morgan fingerprint density at radius 2 is 1.94 bits per heavy atom. The van der Waals surface area contributed by atoms with Crippen LogP contribution < -0.4 is 15.5 Å². The number of benzene rings is 1. The first-order chi connectivity index (χ1) is 15.9. The highest BCUT2D eigenvalue weighted by Crippen LogP contribution is 2.43. The molecule has 2 N–H and O–H groups in total. The van der Waals surface area contributed by atoms with Crippen LogP contribution in [0.4, 0.5) is 30.4 Å². The summed E-state index contributed by atoms with van der Waals surface area (Å²) in [4.78, 5) is 15.1. The average molecular weight is 461 g/mol. The lowest BCUT2D eigenvalue weighted by Crippen LogP contribution is -2.36. The SMILES string of the molecule is O=C(Nc1ccccc1N1CCOCC1)c1cc2n(n1)[C@H](C(F)(F)F)C[C@@H](c1ccco1)N2. The van der Waals surface area contributed by atoms with Crippen LogP contribution in [0.1, 0.15) is 34.8 Å². The first-order valence-corrected chi connectivity index (χ1v) is 10.6. The fraction of sp³-hybridized carbons (Fsp3) is 0.364. The monoisotopic (exact) mass is 461 g/mol. The number of carbonyl (C=O) groups is 1. The molecule has 3 aromatic rings. The molecule has 1 aromatic carbocycles. The number of nitrogens with zero attached hydrogens (tertiary/aromatic N) is 3. The van der Waals surface area contributed by atoms with E-state index in [-0.39, 0.29) is 17.9 Å². The normalized spacial score (nSPS) is 20.8. The Balaban J connectivity index is 1.41. The predicted octanol–water partition coefficient (Wildman–Crippen LogP) is 4.23. The van der Waals surface area contributed by atoms with Crippen molar-refractivity contribution in [2.24, 2.45) is 0 Å². The summed E-state index contributed by atoms with van der Waals surface area (Å²) >= 11 is 0. The Morgan fingerprint density at radius 3 is 2.67 bits per heavy atom. The van der Waals surface area contributed by atoms with Gasteiger partial charge in [-0.3, -0.25) is 4.79 Å². The van der Waals surface area contributed by atoms with Gasteiger partial charge in [0.25, 0.3) is 5.91 Å². The van der Waals surface area contributed by atoms with Gasteiger partial charge < -0.3 is 24.7 Å². The van der Waals surface area contributed by atoms with E-state index in [9.17, 15) is 18.0 Å². The smallest absolute Gasteiger partial charge is 0.410 e. The van der Waals surface area contributed by atoms with Crippen molar-refractivity contribution >= 4 is 23.1 Å². The minimum atomic E-state index is -4.54. The molecule has 0 spiro atoms. The molecular formula is C22H22F3N5O3. The summed E-state index contributed by atoms with van der Waals surface area (Å²) in [6.07, 6.45) is -3.42. The Bertz CT molecular complexity index is 1120. The van der Waals surface area contributed by atoms with Gasteiger partial charge in [0.2, 0.25) is 0 Å². The number of halogens is 3. The number of nitrogens with one attached hydrogen (secondary N) is 2. The molecule has 5 rings (SSSR count). The summed E-state index contributed by atoms with van der Waals surface area (Å²) in [6.45, 7) is 2.52. The molecule has 4 heterocycles. The number of carbonyl (C=O) groups excluding carboxylic acids is 1. The van der Waals surface area contributed by atoms with Crippen molar-refractivity contribution in [2.75, 3.05) is 41.8 Å². The lowest BCUT2D eigenvalue weighted by molar-refractivity contribution is -0.174. The van der Waals surface area contributed by atoms with Gasteiger partial charge in [-0.15, -0.1) is 0 Å². The molecule has 0 unspecified atom stereocenters. The third-order valence-electron chi connectivity index (χ3n) is 5.81. The number of hydrogen-bond acceptors (Lipinski definition) is 6. The summed E-state index contributed by atoms with van der Waals surface area (Å²) < 4.78 is 53.0. The summed E-state index contributed by atoms with van der Waals surface area (Å²) in [5.74, 6) is -0.0892. The average Bonchev–Trinajstić information content (AvgIpc) is 3.49. The molecule has 0 bridgehead atoms. The van der Waals surface area contributed by atoms with Gasteiger partial charge in [-0.25, -0.2) is 4.68 Å². The van der Waals surface area contributed by atoms with Crippen molar-refractivity contribution in [3.8, 4) is 0 Å². The second-order valence-electron chi connectivity index (χ2n) is 7.94. The van der Waals surface area contributed by atoms with Crippen LogP contribution in [0.15, 0.2) is 53.1 Å². The summed E-state index contributed by atoms with van der Waals surface area (Å²) in [5, 5.41) is 9.82. The molecule has 0 radical (unpaired) electrons. The zero-order valence-electron chi connectivity index (χ0n) is 17.5. The third-order valence-corrected chi connectivity index (χ3v) is 5.81.